The lowest BCUT2D eigenvalue weighted by Crippen LogP contribution is -2.48. The zero-order valence-corrected chi connectivity index (χ0v) is 26.1. The Hall–Kier alpha value is -2.94. The zero-order chi connectivity index (χ0) is 29.7. The number of piperidine rings is 2. The molecule has 2 aliphatic heterocycles. The molecule has 2 aromatic carbocycles. The molecule has 222 valence electrons. The van der Waals surface area contributed by atoms with Crippen molar-refractivity contribution < 1.29 is 13.2 Å². The number of pyridine rings is 1. The molecule has 0 radical (unpaired) electrons. The van der Waals surface area contributed by atoms with Crippen molar-refractivity contribution in [2.75, 3.05) is 31.1 Å². The van der Waals surface area contributed by atoms with Crippen molar-refractivity contribution in [2.24, 2.45) is 10.8 Å². The lowest BCUT2D eigenvalue weighted by atomic mass is 9.71. The van der Waals surface area contributed by atoms with E-state index >= 15 is 0 Å². The monoisotopic (exact) mass is 606 g/mol. The number of nitrogens with zero attached hydrogens (tertiary/aromatic N) is 3. The topological polar surface area (TPSA) is 82.6 Å². The van der Waals surface area contributed by atoms with E-state index in [1.807, 2.05) is 35.5 Å². The number of rotatable bonds is 5. The number of hydrogen-bond donors (Lipinski definition) is 1. The van der Waals surface area contributed by atoms with Crippen LogP contribution in [0.15, 0.2) is 65.8 Å². The fourth-order valence-electron chi connectivity index (χ4n) is 7.23. The molecule has 1 aromatic heterocycles. The maximum atomic E-state index is 13.7. The predicted octanol–water partition coefficient (Wildman–Crippen LogP) is 6.17. The Balaban J connectivity index is 1.15. The van der Waals surface area contributed by atoms with Gasteiger partial charge in [0, 0.05) is 49.8 Å². The van der Waals surface area contributed by atoms with Crippen LogP contribution in [0.4, 0.5) is 5.69 Å². The zero-order valence-electron chi connectivity index (χ0n) is 24.6. The van der Waals surface area contributed by atoms with E-state index < -0.39 is 16.1 Å². The number of halogens is 1. The van der Waals surface area contributed by atoms with Gasteiger partial charge in [-0.05, 0) is 96.9 Å². The van der Waals surface area contributed by atoms with Gasteiger partial charge >= 0.3 is 0 Å². The molecule has 7 nitrogen and oxygen atoms in total. The number of likely N-dealkylation sites (tertiary alicyclic amines) is 1. The first-order chi connectivity index (χ1) is 20.0. The van der Waals surface area contributed by atoms with Gasteiger partial charge in [0.1, 0.15) is 4.90 Å². The van der Waals surface area contributed by atoms with Gasteiger partial charge < -0.3 is 9.80 Å². The number of carbonyl (C=O) groups excluding carboxylic acids is 1. The first-order valence-corrected chi connectivity index (χ1v) is 16.7. The van der Waals surface area contributed by atoms with E-state index in [0.29, 0.717) is 23.0 Å². The second-order valence-electron chi connectivity index (χ2n) is 13.0. The van der Waals surface area contributed by atoms with Crippen LogP contribution in [0.1, 0.15) is 72.6 Å². The third-order valence-corrected chi connectivity index (χ3v) is 11.9. The van der Waals surface area contributed by atoms with Crippen LogP contribution in [0.3, 0.4) is 0 Å². The molecule has 1 N–H and O–H groups in total. The Morgan fingerprint density at radius 2 is 1.64 bits per heavy atom. The number of carbonyl (C=O) groups is 1. The van der Waals surface area contributed by atoms with Gasteiger partial charge in [0.2, 0.25) is 10.0 Å². The summed E-state index contributed by atoms with van der Waals surface area (Å²) >= 11 is 6.34. The molecule has 1 amide bonds. The summed E-state index contributed by atoms with van der Waals surface area (Å²) in [4.78, 5) is 22.4. The molecule has 2 saturated heterocycles. The molecule has 3 aliphatic rings. The minimum absolute atomic E-state index is 0.0233. The molecule has 1 atom stereocenters. The number of hydrogen-bond acceptors (Lipinski definition) is 5. The average Bonchev–Trinajstić information content (AvgIpc) is 3.21. The second-order valence-corrected chi connectivity index (χ2v) is 15.1. The number of aromatic nitrogens is 1. The highest BCUT2D eigenvalue weighted by Crippen LogP contribution is 2.47. The molecule has 9 heteroatoms. The maximum absolute atomic E-state index is 13.7. The van der Waals surface area contributed by atoms with E-state index in [2.05, 4.69) is 40.6 Å². The minimum atomic E-state index is -3.89. The highest BCUT2D eigenvalue weighted by molar-refractivity contribution is 7.89. The second kappa shape index (κ2) is 11.0. The van der Waals surface area contributed by atoms with E-state index in [1.54, 1.807) is 25.1 Å². The largest absolute Gasteiger partial charge is 0.371 e. The molecule has 1 aliphatic carbocycles. The summed E-state index contributed by atoms with van der Waals surface area (Å²) in [7, 11) is -3.89. The number of fused-ring (bicyclic) bond motifs is 1. The normalized spacial score (nSPS) is 21.4. The Kier molecular flexibility index (Phi) is 7.61. The molecular formula is C33H39ClN4O3S. The summed E-state index contributed by atoms with van der Waals surface area (Å²) in [6.07, 6.45) is 8.72. The number of sulfonamides is 1. The Labute approximate surface area is 254 Å². The van der Waals surface area contributed by atoms with Crippen LogP contribution in [-0.2, 0) is 16.4 Å². The van der Waals surface area contributed by atoms with Gasteiger partial charge in [-0.3, -0.25) is 9.78 Å². The fraction of sp³-hybridized carbons (Fsp3) is 0.455. The van der Waals surface area contributed by atoms with Crippen LogP contribution in [-0.4, -0.2) is 50.4 Å². The van der Waals surface area contributed by atoms with Crippen molar-refractivity contribution >= 4 is 33.2 Å². The molecule has 1 unspecified atom stereocenters. The van der Waals surface area contributed by atoms with Crippen LogP contribution in [0.2, 0.25) is 5.02 Å². The number of amides is 1. The lowest BCUT2D eigenvalue weighted by molar-refractivity contribution is 0.0515. The molecule has 0 bridgehead atoms. The van der Waals surface area contributed by atoms with Crippen LogP contribution < -0.4 is 9.62 Å². The van der Waals surface area contributed by atoms with E-state index in [4.69, 9.17) is 11.6 Å². The predicted molar refractivity (Wildman–Crippen MR) is 166 cm³/mol. The summed E-state index contributed by atoms with van der Waals surface area (Å²) in [5, 5.41) is 0.202. The van der Waals surface area contributed by atoms with Crippen molar-refractivity contribution in [3.05, 3.63) is 88.2 Å². The van der Waals surface area contributed by atoms with Crippen molar-refractivity contribution in [3.63, 3.8) is 0 Å². The summed E-state index contributed by atoms with van der Waals surface area (Å²) < 4.78 is 30.1. The number of nitrogens with one attached hydrogen (secondary N) is 1. The van der Waals surface area contributed by atoms with E-state index in [0.717, 1.165) is 63.0 Å². The fourth-order valence-corrected chi connectivity index (χ4v) is 9.44. The highest BCUT2D eigenvalue weighted by atomic mass is 35.5. The summed E-state index contributed by atoms with van der Waals surface area (Å²) in [6, 6.07) is 14.6. The van der Waals surface area contributed by atoms with Crippen molar-refractivity contribution in [1.82, 2.24) is 14.6 Å². The Morgan fingerprint density at radius 3 is 2.31 bits per heavy atom. The Morgan fingerprint density at radius 1 is 0.976 bits per heavy atom. The van der Waals surface area contributed by atoms with Crippen LogP contribution in [0.25, 0.3) is 0 Å². The first-order valence-electron chi connectivity index (χ1n) is 14.8. The SMILES string of the molecule is Cc1cccc(Cl)c1S(=O)(=O)NC1c2cc(C(=O)N3CCC4(CC3)CCN(c3ccncc3)CC4)ccc2CC1(C)C. The lowest BCUT2D eigenvalue weighted by Gasteiger charge is -2.47. The molecular weight excluding hydrogens is 568 g/mol. The van der Waals surface area contributed by atoms with Gasteiger partial charge in [-0.25, -0.2) is 13.1 Å². The van der Waals surface area contributed by atoms with Crippen LogP contribution in [0, 0.1) is 17.8 Å². The first kappa shape index (κ1) is 29.1. The van der Waals surface area contributed by atoms with Gasteiger partial charge in [-0.1, -0.05) is 43.6 Å². The summed E-state index contributed by atoms with van der Waals surface area (Å²) in [5.74, 6) is 0.0233. The molecule has 1 spiro atoms. The van der Waals surface area contributed by atoms with Gasteiger partial charge in [-0.15, -0.1) is 0 Å². The molecule has 42 heavy (non-hydrogen) atoms. The molecule has 3 heterocycles. The highest BCUT2D eigenvalue weighted by Gasteiger charge is 2.43. The van der Waals surface area contributed by atoms with Gasteiger partial charge in [0.25, 0.3) is 5.91 Å². The Bertz CT molecular complexity index is 1570. The smallest absolute Gasteiger partial charge is 0.253 e. The van der Waals surface area contributed by atoms with Gasteiger partial charge in [-0.2, -0.15) is 0 Å². The summed E-state index contributed by atoms with van der Waals surface area (Å²) in [5.41, 5.74) is 4.32. The minimum Gasteiger partial charge on any atom is -0.371 e. The number of anilines is 1. The van der Waals surface area contributed by atoms with E-state index in [1.165, 1.54) is 5.69 Å². The third-order valence-electron chi connectivity index (χ3n) is 9.80. The molecule has 3 aromatic rings. The summed E-state index contributed by atoms with van der Waals surface area (Å²) in [6.45, 7) is 9.43. The van der Waals surface area contributed by atoms with Crippen LogP contribution in [0.5, 0.6) is 0 Å². The number of aryl methyl sites for hydroxylation is 1. The van der Waals surface area contributed by atoms with Crippen LogP contribution >= 0.6 is 11.6 Å². The molecule has 2 fully saturated rings. The maximum Gasteiger partial charge on any atom is 0.253 e. The standard InChI is InChI=1S/C33H39ClN4O3S/c1-23-5-4-6-28(34)29(23)42(40,41)36-30-27-21-24(7-8-25(27)22-32(30,2)3)31(39)38-19-13-33(14-20-38)11-17-37(18-12-33)26-9-15-35-16-10-26/h4-10,15-16,21,30,36H,11-14,17-20,22H2,1-3H3. The van der Waals surface area contributed by atoms with Crippen molar-refractivity contribution in [2.45, 2.75) is 63.8 Å². The quantitative estimate of drug-likeness (QED) is 0.376. The van der Waals surface area contributed by atoms with Crippen molar-refractivity contribution in [1.29, 1.82) is 0 Å². The molecule has 6 rings (SSSR count). The number of benzene rings is 2. The molecule has 0 saturated carbocycles. The average molecular weight is 607 g/mol. The van der Waals surface area contributed by atoms with Gasteiger partial charge in [0.15, 0.2) is 0 Å². The van der Waals surface area contributed by atoms with E-state index in [9.17, 15) is 13.2 Å². The van der Waals surface area contributed by atoms with E-state index in [-0.39, 0.29) is 21.2 Å². The third kappa shape index (κ3) is 5.45. The van der Waals surface area contributed by atoms with Crippen molar-refractivity contribution in [3.8, 4) is 0 Å². The van der Waals surface area contributed by atoms with Gasteiger partial charge in [0.05, 0.1) is 11.1 Å².